The molecule has 0 fully saturated rings. The topological polar surface area (TPSA) is 43.6 Å². The van der Waals surface area contributed by atoms with Gasteiger partial charge in [-0.15, -0.1) is 0 Å². The van der Waals surface area contributed by atoms with Gasteiger partial charge >= 0.3 is 0 Å². The summed E-state index contributed by atoms with van der Waals surface area (Å²) < 4.78 is 2.49. The monoisotopic (exact) mass is 678 g/mol. The van der Waals surface area contributed by atoms with E-state index in [0.717, 1.165) is 59.4 Å². The minimum atomic E-state index is 0.711. The van der Waals surface area contributed by atoms with Crippen LogP contribution in [-0.4, -0.2) is 19.5 Å². The van der Waals surface area contributed by atoms with Crippen molar-refractivity contribution in [1.82, 2.24) is 19.5 Å². The van der Waals surface area contributed by atoms with Crippen molar-refractivity contribution in [2.45, 2.75) is 25.7 Å². The number of hydrogen-bond donors (Lipinski definition) is 0. The van der Waals surface area contributed by atoms with Crippen LogP contribution in [0.15, 0.2) is 152 Å². The molecule has 0 saturated heterocycles. The molecule has 9 aromatic rings. The first-order valence-corrected chi connectivity index (χ1v) is 18.6. The highest BCUT2D eigenvalue weighted by atomic mass is 15.0. The Bertz CT molecular complexity index is 2970. The van der Waals surface area contributed by atoms with Crippen molar-refractivity contribution in [1.29, 1.82) is 0 Å². The molecule has 0 unspecified atom stereocenters. The number of aromatic nitrogens is 4. The van der Waals surface area contributed by atoms with Crippen LogP contribution >= 0.6 is 0 Å². The van der Waals surface area contributed by atoms with Gasteiger partial charge in [-0.2, -0.15) is 0 Å². The highest BCUT2D eigenvalue weighted by molar-refractivity contribution is 6.28. The number of nitrogens with zero attached hydrogens (tertiary/aromatic N) is 4. The summed E-state index contributed by atoms with van der Waals surface area (Å²) in [5.74, 6) is 2.20. The molecule has 4 heteroatoms. The van der Waals surface area contributed by atoms with Gasteiger partial charge in [0.2, 0.25) is 0 Å². The lowest BCUT2D eigenvalue weighted by Crippen LogP contribution is -2.08. The van der Waals surface area contributed by atoms with Crippen LogP contribution in [0.3, 0.4) is 0 Å². The molecule has 250 valence electrons. The van der Waals surface area contributed by atoms with E-state index in [2.05, 4.69) is 162 Å². The number of fused-ring (bicyclic) bond motifs is 9. The largest absolute Gasteiger partial charge is 0.309 e. The molecule has 53 heavy (non-hydrogen) atoms. The van der Waals surface area contributed by atoms with E-state index in [0.29, 0.717) is 5.82 Å². The van der Waals surface area contributed by atoms with Gasteiger partial charge in [0.05, 0.1) is 16.7 Å². The molecule has 11 rings (SSSR count). The molecular formula is C49H34N4. The average molecular weight is 679 g/mol. The Morgan fingerprint density at radius 1 is 0.472 bits per heavy atom. The van der Waals surface area contributed by atoms with E-state index in [9.17, 15) is 0 Å². The second-order valence-corrected chi connectivity index (χ2v) is 14.2. The zero-order valence-corrected chi connectivity index (χ0v) is 29.1. The predicted octanol–water partition coefficient (Wildman–Crippen LogP) is 12.5. The molecule has 2 heterocycles. The van der Waals surface area contributed by atoms with Gasteiger partial charge in [-0.25, -0.2) is 15.0 Å². The molecular weight excluding hydrogens is 645 g/mol. The van der Waals surface area contributed by atoms with Crippen LogP contribution in [0.2, 0.25) is 0 Å². The van der Waals surface area contributed by atoms with Gasteiger partial charge in [-0.3, -0.25) is 0 Å². The van der Waals surface area contributed by atoms with Crippen molar-refractivity contribution < 1.29 is 0 Å². The standard InChI is InChI=1S/C49H34N4/c1-2-16-34(17-3-1)47-50-48(40-24-12-18-31-13-4-7-19-35(31)40)52-49(51-47)41-27-30-42(39-23-11-10-22-38(39)41)53-43-28-25-32-14-5-8-20-36(32)45(43)46-37-21-9-6-15-33(37)26-29-44(46)53/h1-2,4-9,11-16,18-21,23-30H,3,10,17,22H2. The quantitative estimate of drug-likeness (QED) is 0.186. The van der Waals surface area contributed by atoms with Gasteiger partial charge in [-0.1, -0.05) is 134 Å². The van der Waals surface area contributed by atoms with E-state index in [4.69, 9.17) is 15.0 Å². The Hall–Kier alpha value is -6.65. The fraction of sp³-hybridized carbons (Fsp3) is 0.0816. The van der Waals surface area contributed by atoms with Gasteiger partial charge in [0.15, 0.2) is 17.5 Å². The lowest BCUT2D eigenvalue weighted by molar-refractivity contribution is 0.956. The third-order valence-corrected chi connectivity index (χ3v) is 11.2. The highest BCUT2D eigenvalue weighted by Gasteiger charge is 2.24. The first-order valence-electron chi connectivity index (χ1n) is 18.6. The van der Waals surface area contributed by atoms with Crippen LogP contribution in [0, 0.1) is 0 Å². The molecule has 0 spiro atoms. The molecule has 0 saturated carbocycles. The summed E-state index contributed by atoms with van der Waals surface area (Å²) >= 11 is 0. The molecule has 0 bridgehead atoms. The molecule has 0 amide bonds. The predicted molar refractivity (Wildman–Crippen MR) is 221 cm³/mol. The average Bonchev–Trinajstić information content (AvgIpc) is 3.58. The van der Waals surface area contributed by atoms with Gasteiger partial charge in [0.1, 0.15) is 0 Å². The third-order valence-electron chi connectivity index (χ3n) is 11.2. The zero-order chi connectivity index (χ0) is 34.9. The normalized spacial score (nSPS) is 14.1. The maximum absolute atomic E-state index is 5.29. The molecule has 0 aliphatic heterocycles. The summed E-state index contributed by atoms with van der Waals surface area (Å²) in [6.07, 6.45) is 14.9. The molecule has 0 N–H and O–H groups in total. The molecule has 0 radical (unpaired) electrons. The van der Waals surface area contributed by atoms with Gasteiger partial charge in [-0.05, 0) is 93.4 Å². The first kappa shape index (κ1) is 30.0. The fourth-order valence-electron chi connectivity index (χ4n) is 8.72. The Morgan fingerprint density at radius 3 is 1.77 bits per heavy atom. The zero-order valence-electron chi connectivity index (χ0n) is 29.1. The summed E-state index contributed by atoms with van der Waals surface area (Å²) in [5, 5.41) is 9.96. The lowest BCUT2D eigenvalue weighted by Gasteiger charge is -2.21. The van der Waals surface area contributed by atoms with Gasteiger partial charge in [0, 0.05) is 27.5 Å². The van der Waals surface area contributed by atoms with Crippen LogP contribution in [0.25, 0.3) is 94.2 Å². The van der Waals surface area contributed by atoms with Crippen molar-refractivity contribution in [2.75, 3.05) is 0 Å². The Balaban J connectivity index is 1.18. The fourth-order valence-corrected chi connectivity index (χ4v) is 8.72. The second kappa shape index (κ2) is 12.0. The van der Waals surface area contributed by atoms with Crippen LogP contribution < -0.4 is 0 Å². The molecule has 2 aromatic heterocycles. The van der Waals surface area contributed by atoms with Crippen molar-refractivity contribution in [3.05, 3.63) is 169 Å². The van der Waals surface area contributed by atoms with Crippen LogP contribution in [-0.2, 0) is 6.42 Å². The maximum Gasteiger partial charge on any atom is 0.164 e. The van der Waals surface area contributed by atoms with Crippen LogP contribution in [0.5, 0.6) is 0 Å². The number of rotatable bonds is 4. The number of hydrogen-bond acceptors (Lipinski definition) is 3. The Morgan fingerprint density at radius 2 is 1.08 bits per heavy atom. The molecule has 2 aliphatic rings. The lowest BCUT2D eigenvalue weighted by atomic mass is 9.90. The maximum atomic E-state index is 5.29. The second-order valence-electron chi connectivity index (χ2n) is 14.2. The van der Waals surface area contributed by atoms with Crippen LogP contribution in [0.1, 0.15) is 36.2 Å². The SMILES string of the molecule is C1=CCCC(c2nc(-c3ccc(-n4c5ccc6ccccc6c5c5c6ccccc6ccc54)c4c3CCC=C4)nc(-c3cccc4ccccc34)n2)=C1. The number of benzene rings is 7. The minimum absolute atomic E-state index is 0.711. The summed E-state index contributed by atoms with van der Waals surface area (Å²) in [6.45, 7) is 0. The third kappa shape index (κ3) is 4.72. The summed E-state index contributed by atoms with van der Waals surface area (Å²) in [7, 11) is 0. The molecule has 0 atom stereocenters. The van der Waals surface area contributed by atoms with Gasteiger partial charge < -0.3 is 4.57 Å². The summed E-state index contributed by atoms with van der Waals surface area (Å²) in [5.41, 5.74) is 9.34. The summed E-state index contributed by atoms with van der Waals surface area (Å²) in [6, 6.07) is 46.1. The Labute approximate surface area is 307 Å². The van der Waals surface area contributed by atoms with Crippen LogP contribution in [0.4, 0.5) is 0 Å². The Kier molecular flexibility index (Phi) is 6.78. The smallest absolute Gasteiger partial charge is 0.164 e. The van der Waals surface area contributed by atoms with Crippen molar-refractivity contribution in [3.8, 4) is 28.5 Å². The van der Waals surface area contributed by atoms with Crippen molar-refractivity contribution >= 4 is 65.8 Å². The van der Waals surface area contributed by atoms with Gasteiger partial charge in [0.25, 0.3) is 0 Å². The molecule has 4 nitrogen and oxygen atoms in total. The highest BCUT2D eigenvalue weighted by Crippen LogP contribution is 2.43. The molecule has 7 aromatic carbocycles. The van der Waals surface area contributed by atoms with E-state index >= 15 is 0 Å². The van der Waals surface area contributed by atoms with E-state index in [1.807, 2.05) is 0 Å². The van der Waals surface area contributed by atoms with Crippen molar-refractivity contribution in [2.24, 2.45) is 0 Å². The van der Waals surface area contributed by atoms with E-state index in [-0.39, 0.29) is 0 Å². The van der Waals surface area contributed by atoms with E-state index < -0.39 is 0 Å². The first-order chi connectivity index (χ1) is 26.3. The molecule has 2 aliphatic carbocycles. The number of allylic oxidation sites excluding steroid dienone is 5. The van der Waals surface area contributed by atoms with E-state index in [1.165, 1.54) is 65.6 Å². The van der Waals surface area contributed by atoms with Crippen molar-refractivity contribution in [3.63, 3.8) is 0 Å². The summed E-state index contributed by atoms with van der Waals surface area (Å²) in [4.78, 5) is 15.7. The minimum Gasteiger partial charge on any atom is -0.309 e. The van der Waals surface area contributed by atoms with E-state index in [1.54, 1.807) is 0 Å².